The van der Waals surface area contributed by atoms with Crippen LogP contribution in [0, 0.1) is 13.8 Å². The molecule has 0 aliphatic carbocycles. The van der Waals surface area contributed by atoms with Gasteiger partial charge in [-0.3, -0.25) is 0 Å². The molecule has 20 heavy (non-hydrogen) atoms. The van der Waals surface area contributed by atoms with E-state index in [4.69, 9.17) is 0 Å². The third kappa shape index (κ3) is 3.35. The summed E-state index contributed by atoms with van der Waals surface area (Å²) in [6.07, 6.45) is 2.99. The van der Waals surface area contributed by atoms with Gasteiger partial charge in [-0.1, -0.05) is 13.8 Å². The summed E-state index contributed by atoms with van der Waals surface area (Å²) in [4.78, 5) is 9.18. The molecule has 2 aromatic rings. The molecule has 0 aromatic carbocycles. The number of aromatic nitrogens is 4. The van der Waals surface area contributed by atoms with Crippen molar-refractivity contribution in [2.24, 2.45) is 0 Å². The van der Waals surface area contributed by atoms with Gasteiger partial charge in [-0.15, -0.1) is 0 Å². The molecule has 0 radical (unpaired) electrons. The van der Waals surface area contributed by atoms with Crippen molar-refractivity contribution in [3.05, 3.63) is 29.3 Å². The van der Waals surface area contributed by atoms with Crippen molar-refractivity contribution < 1.29 is 0 Å². The lowest BCUT2D eigenvalue weighted by Gasteiger charge is -2.10. The molecule has 0 spiro atoms. The first-order valence-electron chi connectivity index (χ1n) is 7.29. The van der Waals surface area contributed by atoms with Gasteiger partial charge < -0.3 is 5.32 Å². The van der Waals surface area contributed by atoms with Gasteiger partial charge in [0.25, 0.3) is 0 Å². The Bertz CT molecular complexity index is 574. The van der Waals surface area contributed by atoms with Gasteiger partial charge in [-0.05, 0) is 32.8 Å². The topological polar surface area (TPSA) is 55.6 Å². The number of hydrogen-bond acceptors (Lipinski definition) is 4. The predicted octanol–water partition coefficient (Wildman–Crippen LogP) is 3.05. The van der Waals surface area contributed by atoms with Crippen LogP contribution in [0.2, 0.25) is 0 Å². The van der Waals surface area contributed by atoms with Crippen LogP contribution in [-0.2, 0) is 6.42 Å². The van der Waals surface area contributed by atoms with E-state index in [-0.39, 0.29) is 0 Å². The highest BCUT2D eigenvalue weighted by molar-refractivity contribution is 5.42. The quantitative estimate of drug-likeness (QED) is 0.879. The number of hydrogen-bond donors (Lipinski definition) is 1. The molecule has 5 nitrogen and oxygen atoms in total. The van der Waals surface area contributed by atoms with Gasteiger partial charge in [0.1, 0.15) is 11.6 Å². The molecule has 0 saturated carbocycles. The molecule has 2 rings (SSSR count). The van der Waals surface area contributed by atoms with Gasteiger partial charge in [0.15, 0.2) is 5.82 Å². The second-order valence-corrected chi connectivity index (χ2v) is 5.04. The Labute approximate surface area is 120 Å². The molecule has 0 fully saturated rings. The molecule has 108 valence electrons. The van der Waals surface area contributed by atoms with E-state index in [1.54, 1.807) is 0 Å². The average Bonchev–Trinajstić information content (AvgIpc) is 2.75. The van der Waals surface area contributed by atoms with E-state index in [1.165, 1.54) is 0 Å². The van der Waals surface area contributed by atoms with Crippen LogP contribution in [0.5, 0.6) is 0 Å². The van der Waals surface area contributed by atoms with Crippen LogP contribution < -0.4 is 5.32 Å². The third-order valence-electron chi connectivity index (χ3n) is 3.02. The SMILES string of the molecule is CCCNc1cc(-n2nc(C)cc2C)nc(CCC)n1. The molecule has 0 atom stereocenters. The Morgan fingerprint density at radius 3 is 2.50 bits per heavy atom. The van der Waals surface area contributed by atoms with Crippen molar-refractivity contribution in [2.75, 3.05) is 11.9 Å². The molecule has 2 heterocycles. The smallest absolute Gasteiger partial charge is 0.159 e. The summed E-state index contributed by atoms with van der Waals surface area (Å²) in [6, 6.07) is 4.02. The average molecular weight is 273 g/mol. The van der Waals surface area contributed by atoms with Crippen LogP contribution in [0.15, 0.2) is 12.1 Å². The fraction of sp³-hybridized carbons (Fsp3) is 0.533. The summed E-state index contributed by atoms with van der Waals surface area (Å²) < 4.78 is 1.88. The Kier molecular flexibility index (Phi) is 4.71. The fourth-order valence-corrected chi connectivity index (χ4v) is 2.13. The molecule has 1 N–H and O–H groups in total. The number of anilines is 1. The lowest BCUT2D eigenvalue weighted by Crippen LogP contribution is -2.10. The number of aryl methyl sites for hydroxylation is 3. The Morgan fingerprint density at radius 1 is 1.10 bits per heavy atom. The van der Waals surface area contributed by atoms with E-state index in [0.717, 1.165) is 54.7 Å². The summed E-state index contributed by atoms with van der Waals surface area (Å²) in [5, 5.41) is 7.84. The van der Waals surface area contributed by atoms with Gasteiger partial charge in [-0.2, -0.15) is 5.10 Å². The lowest BCUT2D eigenvalue weighted by atomic mass is 10.3. The molecule has 2 aromatic heterocycles. The number of nitrogens with one attached hydrogen (secondary N) is 1. The van der Waals surface area contributed by atoms with Crippen molar-refractivity contribution in [1.82, 2.24) is 19.7 Å². The van der Waals surface area contributed by atoms with Gasteiger partial charge in [-0.25, -0.2) is 14.6 Å². The van der Waals surface area contributed by atoms with E-state index < -0.39 is 0 Å². The highest BCUT2D eigenvalue weighted by Gasteiger charge is 2.09. The van der Waals surface area contributed by atoms with Crippen LogP contribution in [0.3, 0.4) is 0 Å². The van der Waals surface area contributed by atoms with E-state index >= 15 is 0 Å². The Balaban J connectivity index is 2.40. The van der Waals surface area contributed by atoms with Crippen molar-refractivity contribution in [1.29, 1.82) is 0 Å². The molecule has 0 aliphatic heterocycles. The van der Waals surface area contributed by atoms with E-state index in [2.05, 4.69) is 40.3 Å². The van der Waals surface area contributed by atoms with Crippen LogP contribution in [0.4, 0.5) is 5.82 Å². The molecular weight excluding hydrogens is 250 g/mol. The van der Waals surface area contributed by atoms with E-state index in [9.17, 15) is 0 Å². The van der Waals surface area contributed by atoms with Gasteiger partial charge >= 0.3 is 0 Å². The van der Waals surface area contributed by atoms with Gasteiger partial charge in [0.05, 0.1) is 5.69 Å². The minimum atomic E-state index is 0.840. The molecular formula is C15H23N5. The van der Waals surface area contributed by atoms with Crippen LogP contribution in [0.25, 0.3) is 5.82 Å². The molecule has 0 unspecified atom stereocenters. The van der Waals surface area contributed by atoms with Crippen LogP contribution in [0.1, 0.15) is 43.9 Å². The minimum Gasteiger partial charge on any atom is -0.370 e. The maximum atomic E-state index is 4.62. The van der Waals surface area contributed by atoms with E-state index in [0.29, 0.717) is 0 Å². The maximum absolute atomic E-state index is 4.62. The van der Waals surface area contributed by atoms with Crippen molar-refractivity contribution in [3.63, 3.8) is 0 Å². The Hall–Kier alpha value is -1.91. The second kappa shape index (κ2) is 6.50. The summed E-state index contributed by atoms with van der Waals surface area (Å²) in [7, 11) is 0. The zero-order valence-electron chi connectivity index (χ0n) is 12.8. The first kappa shape index (κ1) is 14.5. The number of rotatable bonds is 6. The minimum absolute atomic E-state index is 0.840. The predicted molar refractivity (Wildman–Crippen MR) is 81.4 cm³/mol. The van der Waals surface area contributed by atoms with Crippen LogP contribution in [-0.4, -0.2) is 26.3 Å². The standard InChI is InChI=1S/C15H23N5/c1-5-7-13-17-14(16-8-6-2)10-15(18-13)20-12(4)9-11(3)19-20/h9-10H,5-8H2,1-4H3,(H,16,17,18). The van der Waals surface area contributed by atoms with Gasteiger partial charge in [0, 0.05) is 24.7 Å². The van der Waals surface area contributed by atoms with Crippen molar-refractivity contribution in [3.8, 4) is 5.82 Å². The lowest BCUT2D eigenvalue weighted by molar-refractivity contribution is 0.765. The largest absolute Gasteiger partial charge is 0.370 e. The van der Waals surface area contributed by atoms with Crippen LogP contribution >= 0.6 is 0 Å². The molecule has 0 saturated heterocycles. The molecule has 0 bridgehead atoms. The highest BCUT2D eigenvalue weighted by atomic mass is 15.3. The third-order valence-corrected chi connectivity index (χ3v) is 3.02. The summed E-state index contributed by atoms with van der Waals surface area (Å²) in [6.45, 7) is 9.23. The molecule has 0 amide bonds. The summed E-state index contributed by atoms with van der Waals surface area (Å²) in [5.74, 6) is 2.59. The Morgan fingerprint density at radius 2 is 1.90 bits per heavy atom. The summed E-state index contributed by atoms with van der Waals surface area (Å²) in [5.41, 5.74) is 2.09. The van der Waals surface area contributed by atoms with Gasteiger partial charge in [0.2, 0.25) is 0 Å². The monoisotopic (exact) mass is 273 g/mol. The first-order chi connectivity index (χ1) is 9.63. The van der Waals surface area contributed by atoms with Crippen molar-refractivity contribution in [2.45, 2.75) is 47.0 Å². The van der Waals surface area contributed by atoms with Crippen molar-refractivity contribution >= 4 is 5.82 Å². The number of nitrogens with zero attached hydrogens (tertiary/aromatic N) is 4. The molecule has 5 heteroatoms. The maximum Gasteiger partial charge on any atom is 0.159 e. The highest BCUT2D eigenvalue weighted by Crippen LogP contribution is 2.14. The fourth-order valence-electron chi connectivity index (χ4n) is 2.13. The second-order valence-electron chi connectivity index (χ2n) is 5.04. The first-order valence-corrected chi connectivity index (χ1v) is 7.29. The zero-order chi connectivity index (χ0) is 14.5. The zero-order valence-corrected chi connectivity index (χ0v) is 12.8. The van der Waals surface area contributed by atoms with E-state index in [1.807, 2.05) is 24.6 Å². The summed E-state index contributed by atoms with van der Waals surface area (Å²) >= 11 is 0. The molecule has 0 aliphatic rings. The normalized spacial score (nSPS) is 10.8.